The van der Waals surface area contributed by atoms with E-state index in [1.54, 1.807) is 13.0 Å². The second kappa shape index (κ2) is 9.43. The van der Waals surface area contributed by atoms with E-state index in [0.29, 0.717) is 10.6 Å². The summed E-state index contributed by atoms with van der Waals surface area (Å²) in [6.07, 6.45) is -3.05. The summed E-state index contributed by atoms with van der Waals surface area (Å²) in [4.78, 5) is 11.6. The van der Waals surface area contributed by atoms with Gasteiger partial charge in [0, 0.05) is 17.1 Å². The summed E-state index contributed by atoms with van der Waals surface area (Å²) in [7, 11) is 0. The fraction of sp³-hybridized carbons (Fsp3) is 0.316. The van der Waals surface area contributed by atoms with E-state index in [0.717, 1.165) is 5.56 Å². The third-order valence-corrected chi connectivity index (χ3v) is 4.12. The molecule has 0 aromatic heterocycles. The predicted octanol–water partition coefficient (Wildman–Crippen LogP) is 3.06. The third-order valence-electron chi connectivity index (χ3n) is 3.90. The lowest BCUT2D eigenvalue weighted by atomic mass is 9.99. The van der Waals surface area contributed by atoms with Crippen LogP contribution in [0.3, 0.4) is 0 Å². The molecule has 0 saturated heterocycles. The van der Waals surface area contributed by atoms with E-state index in [4.69, 9.17) is 16.3 Å². The van der Waals surface area contributed by atoms with Gasteiger partial charge in [-0.2, -0.15) is 0 Å². The molecule has 0 spiro atoms. The molecule has 140 valence electrons. The maximum absolute atomic E-state index is 11.6. The molecule has 0 aliphatic heterocycles. The van der Waals surface area contributed by atoms with Crippen LogP contribution >= 0.6 is 11.6 Å². The second-order valence-electron chi connectivity index (χ2n) is 5.95. The van der Waals surface area contributed by atoms with Crippen LogP contribution in [0.25, 0.3) is 0 Å². The van der Waals surface area contributed by atoms with E-state index in [2.05, 4.69) is 5.32 Å². The highest BCUT2D eigenvalue weighted by atomic mass is 35.5. The minimum absolute atomic E-state index is 0.0760. The molecule has 2 aromatic rings. The molecule has 0 aliphatic rings. The van der Waals surface area contributed by atoms with Gasteiger partial charge in [0.15, 0.2) is 0 Å². The normalized spacial score (nSPS) is 13.1. The van der Waals surface area contributed by atoms with Crippen LogP contribution in [0.15, 0.2) is 42.5 Å². The number of aliphatic hydroxyl groups is 2. The first-order chi connectivity index (χ1) is 12.4. The van der Waals surface area contributed by atoms with Crippen LogP contribution in [-0.2, 0) is 11.3 Å². The zero-order chi connectivity index (χ0) is 19.1. The number of carbonyl (C=O) groups excluding carboxylic acids is 1. The van der Waals surface area contributed by atoms with Crippen LogP contribution in [0.5, 0.6) is 5.75 Å². The Hall–Kier alpha value is -2.28. The number of rotatable bonds is 7. The number of hydrogen-bond donors (Lipinski definition) is 4. The van der Waals surface area contributed by atoms with Crippen molar-refractivity contribution in [1.29, 1.82) is 0 Å². The van der Waals surface area contributed by atoms with Crippen molar-refractivity contribution in [2.45, 2.75) is 32.2 Å². The van der Waals surface area contributed by atoms with Crippen LogP contribution in [0.4, 0.5) is 4.79 Å². The Kier molecular flexibility index (Phi) is 7.26. The molecule has 0 radical (unpaired) electrons. The minimum atomic E-state index is -1.32. The number of hydrogen-bond acceptors (Lipinski definition) is 5. The standard InChI is InChI=1S/C19H22ClNO5/c1-12-9-14(20)10-15(17(12)23)18(24)16(22)7-8-21-19(25)26-11-13-5-3-2-4-6-13/h2-6,9-10,16,18,22-24H,7-8,11H2,1H3,(H,21,25). The van der Waals surface area contributed by atoms with Gasteiger partial charge in [0.05, 0.1) is 6.10 Å². The molecule has 2 atom stereocenters. The summed E-state index contributed by atoms with van der Waals surface area (Å²) in [6, 6.07) is 12.2. The topological polar surface area (TPSA) is 99.0 Å². The summed E-state index contributed by atoms with van der Waals surface area (Å²) in [5, 5.41) is 33.2. The first kappa shape index (κ1) is 20.0. The number of ether oxygens (including phenoxy) is 1. The molecule has 4 N–H and O–H groups in total. The van der Waals surface area contributed by atoms with Gasteiger partial charge in [0.2, 0.25) is 0 Å². The van der Waals surface area contributed by atoms with E-state index in [9.17, 15) is 20.1 Å². The highest BCUT2D eigenvalue weighted by Crippen LogP contribution is 2.33. The molecule has 0 heterocycles. The van der Waals surface area contributed by atoms with Crippen molar-refractivity contribution in [1.82, 2.24) is 5.32 Å². The first-order valence-corrected chi connectivity index (χ1v) is 8.56. The number of amides is 1. The molecule has 0 aliphatic carbocycles. The highest BCUT2D eigenvalue weighted by Gasteiger charge is 2.22. The molecule has 26 heavy (non-hydrogen) atoms. The van der Waals surface area contributed by atoms with Gasteiger partial charge in [-0.05, 0) is 36.6 Å². The highest BCUT2D eigenvalue weighted by molar-refractivity contribution is 6.30. The maximum atomic E-state index is 11.6. The van der Waals surface area contributed by atoms with Gasteiger partial charge in [0.1, 0.15) is 18.5 Å². The van der Waals surface area contributed by atoms with Gasteiger partial charge in [0.25, 0.3) is 0 Å². The lowest BCUT2D eigenvalue weighted by molar-refractivity contribution is 0.0123. The first-order valence-electron chi connectivity index (χ1n) is 8.18. The number of nitrogens with one attached hydrogen (secondary N) is 1. The fourth-order valence-corrected chi connectivity index (χ4v) is 2.73. The molecule has 7 heteroatoms. The number of benzene rings is 2. The van der Waals surface area contributed by atoms with Gasteiger partial charge >= 0.3 is 6.09 Å². The van der Waals surface area contributed by atoms with Gasteiger partial charge in [-0.3, -0.25) is 0 Å². The zero-order valence-corrected chi connectivity index (χ0v) is 15.1. The summed E-state index contributed by atoms with van der Waals surface area (Å²) in [5.41, 5.74) is 1.51. The van der Waals surface area contributed by atoms with E-state index < -0.39 is 18.3 Å². The SMILES string of the molecule is Cc1cc(Cl)cc(C(O)C(O)CCNC(=O)OCc2ccccc2)c1O. The summed E-state index contributed by atoms with van der Waals surface area (Å²) < 4.78 is 5.05. The van der Waals surface area contributed by atoms with Crippen molar-refractivity contribution in [2.75, 3.05) is 6.54 Å². The van der Waals surface area contributed by atoms with Crippen molar-refractivity contribution in [3.63, 3.8) is 0 Å². The van der Waals surface area contributed by atoms with Gasteiger partial charge in [-0.1, -0.05) is 41.9 Å². The van der Waals surface area contributed by atoms with Crippen LogP contribution in [0, 0.1) is 6.92 Å². The Labute approximate surface area is 157 Å². The van der Waals surface area contributed by atoms with Crippen molar-refractivity contribution in [2.24, 2.45) is 0 Å². The van der Waals surface area contributed by atoms with Crippen LogP contribution < -0.4 is 5.32 Å². The zero-order valence-electron chi connectivity index (χ0n) is 14.4. The van der Waals surface area contributed by atoms with E-state index >= 15 is 0 Å². The molecule has 2 rings (SSSR count). The van der Waals surface area contributed by atoms with Gasteiger partial charge in [-0.25, -0.2) is 4.79 Å². The molecule has 0 bridgehead atoms. The Bertz CT molecular complexity index is 738. The Balaban J connectivity index is 1.79. The van der Waals surface area contributed by atoms with Gasteiger partial charge < -0.3 is 25.4 Å². The van der Waals surface area contributed by atoms with Crippen LogP contribution in [0.2, 0.25) is 5.02 Å². The Morgan fingerprint density at radius 2 is 1.92 bits per heavy atom. The fourth-order valence-electron chi connectivity index (χ4n) is 2.45. The number of phenols is 1. The number of carbonyl (C=O) groups is 1. The number of aromatic hydroxyl groups is 1. The van der Waals surface area contributed by atoms with Crippen LogP contribution in [0.1, 0.15) is 29.2 Å². The monoisotopic (exact) mass is 379 g/mol. The average Bonchev–Trinajstić information content (AvgIpc) is 2.63. The summed E-state index contributed by atoms with van der Waals surface area (Å²) >= 11 is 5.92. The molecule has 2 unspecified atom stereocenters. The number of alkyl carbamates (subject to hydrolysis) is 1. The Morgan fingerprint density at radius 1 is 1.23 bits per heavy atom. The Morgan fingerprint density at radius 3 is 2.62 bits per heavy atom. The van der Waals surface area contributed by atoms with E-state index in [-0.39, 0.29) is 30.9 Å². The van der Waals surface area contributed by atoms with Crippen molar-refractivity contribution in [3.8, 4) is 5.75 Å². The second-order valence-corrected chi connectivity index (χ2v) is 6.39. The molecule has 2 aromatic carbocycles. The van der Waals surface area contributed by atoms with E-state index in [1.165, 1.54) is 6.07 Å². The summed E-state index contributed by atoms with van der Waals surface area (Å²) in [6.45, 7) is 1.90. The average molecular weight is 380 g/mol. The molecule has 0 saturated carbocycles. The molecule has 6 nitrogen and oxygen atoms in total. The smallest absolute Gasteiger partial charge is 0.407 e. The predicted molar refractivity (Wildman–Crippen MR) is 98.1 cm³/mol. The summed E-state index contributed by atoms with van der Waals surface area (Å²) in [5.74, 6) is -0.115. The maximum Gasteiger partial charge on any atom is 0.407 e. The number of aryl methyl sites for hydroxylation is 1. The third kappa shape index (κ3) is 5.62. The number of halogens is 1. The lowest BCUT2D eigenvalue weighted by Crippen LogP contribution is -2.29. The molecular formula is C19H22ClNO5. The molecule has 1 amide bonds. The number of phenolic OH excluding ortho intramolecular Hbond substituents is 1. The van der Waals surface area contributed by atoms with E-state index in [1.807, 2.05) is 30.3 Å². The lowest BCUT2D eigenvalue weighted by Gasteiger charge is -2.20. The molecule has 0 fully saturated rings. The quantitative estimate of drug-likeness (QED) is 0.592. The van der Waals surface area contributed by atoms with Crippen molar-refractivity contribution < 1.29 is 24.9 Å². The number of aliphatic hydroxyl groups excluding tert-OH is 2. The van der Waals surface area contributed by atoms with Crippen molar-refractivity contribution >= 4 is 17.7 Å². The van der Waals surface area contributed by atoms with Gasteiger partial charge in [-0.15, -0.1) is 0 Å². The largest absolute Gasteiger partial charge is 0.507 e. The van der Waals surface area contributed by atoms with Crippen molar-refractivity contribution in [3.05, 3.63) is 64.2 Å². The van der Waals surface area contributed by atoms with Crippen LogP contribution in [-0.4, -0.2) is 34.1 Å². The molecular weight excluding hydrogens is 358 g/mol. The minimum Gasteiger partial charge on any atom is -0.507 e.